The van der Waals surface area contributed by atoms with E-state index in [0.717, 1.165) is 0 Å². The molecule has 1 heterocycles. The van der Waals surface area contributed by atoms with Gasteiger partial charge in [-0.15, -0.1) is 0 Å². The van der Waals surface area contributed by atoms with Crippen LogP contribution in [-0.4, -0.2) is 15.9 Å². The molecule has 2 rings (SSSR count). The largest absolute Gasteiger partial charge is 0.420 e. The van der Waals surface area contributed by atoms with Crippen LogP contribution in [0.25, 0.3) is 0 Å². The van der Waals surface area contributed by atoms with Gasteiger partial charge in [0.05, 0.1) is 18.0 Å². The Morgan fingerprint density at radius 1 is 1.07 bits per heavy atom. The lowest BCUT2D eigenvalue weighted by atomic mass is 10.2. The molecular weight excluding hydrogens is 192 g/mol. The van der Waals surface area contributed by atoms with Crippen LogP contribution < -0.4 is 4.74 Å². The quantitative estimate of drug-likeness (QED) is 0.692. The second kappa shape index (κ2) is 4.32. The average Bonchev–Trinajstić information content (AvgIpc) is 2.31. The number of benzene rings is 1. The highest BCUT2D eigenvalue weighted by molar-refractivity contribution is 5.90. The van der Waals surface area contributed by atoms with E-state index < -0.39 is 5.97 Å². The molecule has 0 fully saturated rings. The van der Waals surface area contributed by atoms with Crippen LogP contribution >= 0.6 is 0 Å². The number of rotatable bonds is 2. The van der Waals surface area contributed by atoms with E-state index >= 15 is 0 Å². The van der Waals surface area contributed by atoms with E-state index in [0.29, 0.717) is 11.3 Å². The summed E-state index contributed by atoms with van der Waals surface area (Å²) in [4.78, 5) is 19.0. The van der Waals surface area contributed by atoms with Crippen LogP contribution in [0.3, 0.4) is 0 Å². The summed E-state index contributed by atoms with van der Waals surface area (Å²) in [5.41, 5.74) is 0.501. The molecule has 0 amide bonds. The molecule has 1 aromatic carbocycles. The predicted octanol–water partition coefficient (Wildman–Crippen LogP) is 1.70. The van der Waals surface area contributed by atoms with Crippen molar-refractivity contribution >= 4 is 5.97 Å². The molecular formula is C11H8N2O2. The minimum atomic E-state index is -0.412. The summed E-state index contributed by atoms with van der Waals surface area (Å²) in [6.45, 7) is 0. The summed E-state index contributed by atoms with van der Waals surface area (Å²) >= 11 is 0. The molecule has 0 N–H and O–H groups in total. The lowest BCUT2D eigenvalue weighted by Crippen LogP contribution is -2.08. The molecule has 0 unspecified atom stereocenters. The van der Waals surface area contributed by atoms with Gasteiger partial charge < -0.3 is 4.74 Å². The molecule has 0 saturated heterocycles. The zero-order valence-corrected chi connectivity index (χ0v) is 7.83. The second-order valence-corrected chi connectivity index (χ2v) is 2.83. The summed E-state index contributed by atoms with van der Waals surface area (Å²) in [5, 5.41) is 0. The zero-order valence-electron chi connectivity index (χ0n) is 7.83. The Labute approximate surface area is 86.6 Å². The van der Waals surface area contributed by atoms with Crippen molar-refractivity contribution in [3.05, 3.63) is 54.6 Å². The first kappa shape index (κ1) is 9.33. The van der Waals surface area contributed by atoms with Crippen LogP contribution in [0, 0.1) is 0 Å². The van der Waals surface area contributed by atoms with Gasteiger partial charge in [-0.05, 0) is 12.1 Å². The van der Waals surface area contributed by atoms with Crippen molar-refractivity contribution in [2.24, 2.45) is 0 Å². The van der Waals surface area contributed by atoms with Crippen molar-refractivity contribution in [2.45, 2.75) is 0 Å². The van der Waals surface area contributed by atoms with Crippen molar-refractivity contribution < 1.29 is 9.53 Å². The molecule has 0 aliphatic heterocycles. The average molecular weight is 200 g/mol. The van der Waals surface area contributed by atoms with Gasteiger partial charge in [0.15, 0.2) is 5.75 Å². The van der Waals surface area contributed by atoms with Gasteiger partial charge in [0.2, 0.25) is 0 Å². The van der Waals surface area contributed by atoms with Gasteiger partial charge in [-0.2, -0.15) is 0 Å². The van der Waals surface area contributed by atoms with Crippen LogP contribution in [0.5, 0.6) is 5.75 Å². The highest BCUT2D eigenvalue weighted by Gasteiger charge is 2.07. The van der Waals surface area contributed by atoms with E-state index in [1.165, 1.54) is 18.7 Å². The maximum absolute atomic E-state index is 11.5. The van der Waals surface area contributed by atoms with E-state index in [9.17, 15) is 4.79 Å². The Kier molecular flexibility index (Phi) is 2.69. The van der Waals surface area contributed by atoms with Crippen molar-refractivity contribution in [2.75, 3.05) is 0 Å². The molecule has 2 aromatic rings. The number of esters is 1. The third-order valence-corrected chi connectivity index (χ3v) is 1.76. The van der Waals surface area contributed by atoms with Crippen LogP contribution in [0.4, 0.5) is 0 Å². The van der Waals surface area contributed by atoms with Crippen LogP contribution in [0.1, 0.15) is 10.4 Å². The lowest BCUT2D eigenvalue weighted by molar-refractivity contribution is 0.0733. The molecule has 0 radical (unpaired) electrons. The van der Waals surface area contributed by atoms with E-state index in [4.69, 9.17) is 4.74 Å². The van der Waals surface area contributed by atoms with Crippen molar-refractivity contribution in [1.82, 2.24) is 9.97 Å². The maximum Gasteiger partial charge on any atom is 0.343 e. The number of hydrogen-bond acceptors (Lipinski definition) is 4. The number of nitrogens with zero attached hydrogens (tertiary/aromatic N) is 2. The Bertz CT molecular complexity index is 443. The maximum atomic E-state index is 11.5. The van der Waals surface area contributed by atoms with Crippen molar-refractivity contribution in [1.29, 1.82) is 0 Å². The first-order valence-corrected chi connectivity index (χ1v) is 4.38. The lowest BCUT2D eigenvalue weighted by Gasteiger charge is -2.01. The number of carbonyl (C=O) groups is 1. The third-order valence-electron chi connectivity index (χ3n) is 1.76. The Morgan fingerprint density at radius 3 is 2.40 bits per heavy atom. The Morgan fingerprint density at radius 2 is 1.73 bits per heavy atom. The first-order chi connectivity index (χ1) is 7.36. The number of carbonyl (C=O) groups excluding carboxylic acids is 1. The third kappa shape index (κ3) is 2.37. The first-order valence-electron chi connectivity index (χ1n) is 4.38. The van der Waals surface area contributed by atoms with Gasteiger partial charge in [0, 0.05) is 0 Å². The molecule has 0 bridgehead atoms. The van der Waals surface area contributed by atoms with Gasteiger partial charge in [-0.3, -0.25) is 0 Å². The molecule has 0 spiro atoms. The molecule has 1 aromatic heterocycles. The fourth-order valence-corrected chi connectivity index (χ4v) is 1.08. The fraction of sp³-hybridized carbons (Fsp3) is 0. The van der Waals surface area contributed by atoms with Crippen molar-refractivity contribution in [3.8, 4) is 5.75 Å². The SMILES string of the molecule is O=C(Oc1cncnc1)c1ccccc1. The fourth-order valence-electron chi connectivity index (χ4n) is 1.08. The van der Waals surface area contributed by atoms with E-state index in [1.54, 1.807) is 24.3 Å². The van der Waals surface area contributed by atoms with Gasteiger partial charge in [-0.25, -0.2) is 14.8 Å². The van der Waals surface area contributed by atoms with Gasteiger partial charge in [0.25, 0.3) is 0 Å². The molecule has 0 aliphatic carbocycles. The van der Waals surface area contributed by atoms with Gasteiger partial charge >= 0.3 is 5.97 Å². The Hall–Kier alpha value is -2.23. The second-order valence-electron chi connectivity index (χ2n) is 2.83. The number of hydrogen-bond donors (Lipinski definition) is 0. The zero-order chi connectivity index (χ0) is 10.5. The summed E-state index contributed by atoms with van der Waals surface area (Å²) in [7, 11) is 0. The predicted molar refractivity (Wildman–Crippen MR) is 53.4 cm³/mol. The smallest absolute Gasteiger partial charge is 0.343 e. The van der Waals surface area contributed by atoms with Crippen molar-refractivity contribution in [3.63, 3.8) is 0 Å². The summed E-state index contributed by atoms with van der Waals surface area (Å²) in [6, 6.07) is 8.76. The van der Waals surface area contributed by atoms with E-state index in [1.807, 2.05) is 6.07 Å². The van der Waals surface area contributed by atoms with Gasteiger partial charge in [0.1, 0.15) is 6.33 Å². The number of ether oxygens (including phenoxy) is 1. The van der Waals surface area contributed by atoms with Gasteiger partial charge in [-0.1, -0.05) is 18.2 Å². The minimum absolute atomic E-state index is 0.339. The summed E-state index contributed by atoms with van der Waals surface area (Å²) in [5.74, 6) is -0.0725. The minimum Gasteiger partial charge on any atom is -0.420 e. The summed E-state index contributed by atoms with van der Waals surface area (Å²) in [6.07, 6.45) is 4.25. The topological polar surface area (TPSA) is 52.1 Å². The Balaban J connectivity index is 2.12. The highest BCUT2D eigenvalue weighted by Crippen LogP contribution is 2.08. The van der Waals surface area contributed by atoms with E-state index in [2.05, 4.69) is 9.97 Å². The number of aromatic nitrogens is 2. The van der Waals surface area contributed by atoms with Crippen LogP contribution in [0.2, 0.25) is 0 Å². The van der Waals surface area contributed by atoms with Crippen LogP contribution in [-0.2, 0) is 0 Å². The molecule has 0 saturated carbocycles. The monoisotopic (exact) mass is 200 g/mol. The van der Waals surface area contributed by atoms with Crippen LogP contribution in [0.15, 0.2) is 49.1 Å². The summed E-state index contributed by atoms with van der Waals surface area (Å²) < 4.78 is 5.04. The standard InChI is InChI=1S/C11H8N2O2/c14-11(9-4-2-1-3-5-9)15-10-6-12-8-13-7-10/h1-8H. The highest BCUT2D eigenvalue weighted by atomic mass is 16.5. The normalized spacial score (nSPS) is 9.60. The molecule has 74 valence electrons. The molecule has 4 nitrogen and oxygen atoms in total. The molecule has 0 aliphatic rings. The molecule has 15 heavy (non-hydrogen) atoms. The van der Waals surface area contributed by atoms with E-state index in [-0.39, 0.29) is 0 Å². The molecule has 0 atom stereocenters. The molecule has 4 heteroatoms.